The minimum Gasteiger partial charge on any atom is -0.383 e. The number of H-pyrrole nitrogens is 1. The topological polar surface area (TPSA) is 71.8 Å². The van der Waals surface area contributed by atoms with Crippen molar-refractivity contribution in [3.63, 3.8) is 0 Å². The average Bonchev–Trinajstić information content (AvgIpc) is 2.30. The molecule has 3 N–H and O–H groups in total. The maximum Gasteiger partial charge on any atom is 0.256 e. The number of aromatic nitrogens is 2. The zero-order valence-corrected chi connectivity index (χ0v) is 12.1. The first-order chi connectivity index (χ1) is 8.90. The van der Waals surface area contributed by atoms with Crippen LogP contribution in [0.2, 0.25) is 0 Å². The normalized spacial score (nSPS) is 11.0. The largest absolute Gasteiger partial charge is 0.383 e. The van der Waals surface area contributed by atoms with Gasteiger partial charge in [0.25, 0.3) is 5.56 Å². The molecule has 0 aliphatic heterocycles. The Morgan fingerprint density at radius 3 is 2.68 bits per heavy atom. The Morgan fingerprint density at radius 2 is 2.11 bits per heavy atom. The molecule has 0 unspecified atom stereocenters. The first kappa shape index (κ1) is 13.7. The highest BCUT2D eigenvalue weighted by molar-refractivity contribution is 9.10. The van der Waals surface area contributed by atoms with Crippen molar-refractivity contribution in [2.75, 3.05) is 5.73 Å². The van der Waals surface area contributed by atoms with Crippen molar-refractivity contribution in [3.8, 4) is 11.4 Å². The molecule has 0 atom stereocenters. The highest BCUT2D eigenvalue weighted by atomic mass is 79.9. The van der Waals surface area contributed by atoms with Crippen molar-refractivity contribution in [1.82, 2.24) is 9.97 Å². The number of halogens is 2. The van der Waals surface area contributed by atoms with Crippen molar-refractivity contribution in [3.05, 3.63) is 44.4 Å². The van der Waals surface area contributed by atoms with E-state index < -0.39 is 5.82 Å². The molecule has 1 heterocycles. The Kier molecular flexibility index (Phi) is 3.71. The summed E-state index contributed by atoms with van der Waals surface area (Å²) in [6.45, 7) is 3.72. The van der Waals surface area contributed by atoms with Crippen LogP contribution in [0.3, 0.4) is 0 Å². The molecule has 4 nitrogen and oxygen atoms in total. The SMILES string of the molecule is CC(C)c1c(N)nc(-c2cc(F)ccc2Br)[nH]c1=O. The van der Waals surface area contributed by atoms with Crippen LogP contribution in [0.5, 0.6) is 0 Å². The number of nitrogens with zero attached hydrogens (tertiary/aromatic N) is 1. The highest BCUT2D eigenvalue weighted by Gasteiger charge is 2.15. The lowest BCUT2D eigenvalue weighted by Gasteiger charge is -2.10. The third-order valence-corrected chi connectivity index (χ3v) is 3.44. The molecule has 0 fully saturated rings. The summed E-state index contributed by atoms with van der Waals surface area (Å²) in [4.78, 5) is 18.8. The Labute approximate surface area is 118 Å². The third kappa shape index (κ3) is 2.68. The van der Waals surface area contributed by atoms with Crippen LogP contribution < -0.4 is 11.3 Å². The maximum atomic E-state index is 13.3. The van der Waals surface area contributed by atoms with E-state index in [2.05, 4.69) is 25.9 Å². The van der Waals surface area contributed by atoms with Gasteiger partial charge in [-0.3, -0.25) is 4.79 Å². The summed E-state index contributed by atoms with van der Waals surface area (Å²) < 4.78 is 13.9. The van der Waals surface area contributed by atoms with Crippen molar-refractivity contribution in [2.45, 2.75) is 19.8 Å². The minimum atomic E-state index is -0.410. The molecule has 0 amide bonds. The number of nitrogens with two attached hydrogens (primary N) is 1. The molecule has 0 saturated carbocycles. The lowest BCUT2D eigenvalue weighted by atomic mass is 10.1. The molecule has 1 aromatic heterocycles. The Morgan fingerprint density at radius 1 is 1.42 bits per heavy atom. The molecule has 6 heteroatoms. The minimum absolute atomic E-state index is 0.0266. The zero-order valence-electron chi connectivity index (χ0n) is 10.5. The number of nitrogen functional groups attached to an aromatic ring is 1. The molecular formula is C13H13BrFN3O. The molecule has 0 aliphatic rings. The summed E-state index contributed by atoms with van der Waals surface area (Å²) in [5.74, 6) is -0.0169. The van der Waals surface area contributed by atoms with E-state index in [0.29, 0.717) is 15.6 Å². The summed E-state index contributed by atoms with van der Waals surface area (Å²) in [6.07, 6.45) is 0. The highest BCUT2D eigenvalue weighted by Crippen LogP contribution is 2.27. The third-order valence-electron chi connectivity index (χ3n) is 2.75. The van der Waals surface area contributed by atoms with Gasteiger partial charge in [-0.25, -0.2) is 9.37 Å². The van der Waals surface area contributed by atoms with E-state index in [1.54, 1.807) is 6.07 Å². The lowest BCUT2D eigenvalue weighted by molar-refractivity contribution is 0.628. The molecule has 0 bridgehead atoms. The number of benzene rings is 1. The van der Waals surface area contributed by atoms with Crippen molar-refractivity contribution in [2.24, 2.45) is 0 Å². The monoisotopic (exact) mass is 325 g/mol. The Balaban J connectivity index is 2.65. The fourth-order valence-electron chi connectivity index (χ4n) is 1.86. The number of rotatable bonds is 2. The van der Waals surface area contributed by atoms with E-state index in [1.165, 1.54) is 12.1 Å². The number of nitrogens with one attached hydrogen (secondary N) is 1. The van der Waals surface area contributed by atoms with Gasteiger partial charge in [0.1, 0.15) is 17.5 Å². The van der Waals surface area contributed by atoms with Crippen LogP contribution in [-0.4, -0.2) is 9.97 Å². The number of anilines is 1. The van der Waals surface area contributed by atoms with Crippen molar-refractivity contribution in [1.29, 1.82) is 0 Å². The van der Waals surface area contributed by atoms with Gasteiger partial charge in [0.2, 0.25) is 0 Å². The Hall–Kier alpha value is -1.69. The summed E-state index contributed by atoms with van der Waals surface area (Å²) in [7, 11) is 0. The van der Waals surface area contributed by atoms with Crippen LogP contribution >= 0.6 is 15.9 Å². The van der Waals surface area contributed by atoms with E-state index in [0.717, 1.165) is 0 Å². The van der Waals surface area contributed by atoms with Crippen LogP contribution in [0.15, 0.2) is 27.5 Å². The molecule has 2 aromatic rings. The van der Waals surface area contributed by atoms with Gasteiger partial charge in [-0.15, -0.1) is 0 Å². The predicted octanol–water partition coefficient (Wildman–Crippen LogP) is 3.04. The molecule has 0 spiro atoms. The molecular weight excluding hydrogens is 313 g/mol. The van der Waals surface area contributed by atoms with E-state index in [4.69, 9.17) is 5.73 Å². The van der Waals surface area contributed by atoms with Crippen LogP contribution in [-0.2, 0) is 0 Å². The van der Waals surface area contributed by atoms with Crippen molar-refractivity contribution >= 4 is 21.7 Å². The fraction of sp³-hybridized carbons (Fsp3) is 0.231. The molecule has 100 valence electrons. The van der Waals surface area contributed by atoms with Gasteiger partial charge in [0, 0.05) is 10.0 Å². The second kappa shape index (κ2) is 5.13. The summed E-state index contributed by atoms with van der Waals surface area (Å²) in [5.41, 5.74) is 6.41. The quantitative estimate of drug-likeness (QED) is 0.891. The predicted molar refractivity (Wildman–Crippen MR) is 76.5 cm³/mol. The number of hydrogen-bond acceptors (Lipinski definition) is 3. The van der Waals surface area contributed by atoms with Crippen LogP contribution in [0, 0.1) is 5.82 Å². The van der Waals surface area contributed by atoms with Crippen LogP contribution in [0.4, 0.5) is 10.2 Å². The molecule has 19 heavy (non-hydrogen) atoms. The molecule has 0 saturated heterocycles. The maximum absolute atomic E-state index is 13.3. The van der Waals surface area contributed by atoms with E-state index in [-0.39, 0.29) is 23.1 Å². The summed E-state index contributed by atoms with van der Waals surface area (Å²) in [5, 5.41) is 0. The standard InChI is InChI=1S/C13H13BrFN3O/c1-6(2)10-11(16)17-12(18-13(10)19)8-5-7(15)3-4-9(8)14/h3-6H,1-2H3,(H3,16,17,18,19). The van der Waals surface area contributed by atoms with E-state index in [1.807, 2.05) is 13.8 Å². The fourth-order valence-corrected chi connectivity index (χ4v) is 2.30. The zero-order chi connectivity index (χ0) is 14.2. The van der Waals surface area contributed by atoms with E-state index >= 15 is 0 Å². The van der Waals surface area contributed by atoms with Gasteiger partial charge in [-0.05, 0) is 24.1 Å². The summed E-state index contributed by atoms with van der Waals surface area (Å²) in [6, 6.07) is 4.16. The molecule has 1 aromatic carbocycles. The number of aromatic amines is 1. The van der Waals surface area contributed by atoms with Gasteiger partial charge in [-0.1, -0.05) is 29.8 Å². The Bertz CT molecular complexity index is 682. The second-order valence-corrected chi connectivity index (χ2v) is 5.35. The van der Waals surface area contributed by atoms with Gasteiger partial charge < -0.3 is 10.7 Å². The first-order valence-corrected chi connectivity index (χ1v) is 6.54. The summed E-state index contributed by atoms with van der Waals surface area (Å²) >= 11 is 3.29. The lowest BCUT2D eigenvalue weighted by Crippen LogP contribution is -2.19. The first-order valence-electron chi connectivity index (χ1n) is 5.75. The second-order valence-electron chi connectivity index (χ2n) is 4.49. The van der Waals surface area contributed by atoms with E-state index in [9.17, 15) is 9.18 Å². The van der Waals surface area contributed by atoms with Gasteiger partial charge >= 0.3 is 0 Å². The van der Waals surface area contributed by atoms with Crippen LogP contribution in [0.25, 0.3) is 11.4 Å². The average molecular weight is 326 g/mol. The molecule has 0 radical (unpaired) electrons. The van der Waals surface area contributed by atoms with Crippen molar-refractivity contribution < 1.29 is 4.39 Å². The smallest absolute Gasteiger partial charge is 0.256 e. The van der Waals surface area contributed by atoms with Gasteiger partial charge in [0.15, 0.2) is 0 Å². The van der Waals surface area contributed by atoms with Gasteiger partial charge in [-0.2, -0.15) is 0 Å². The van der Waals surface area contributed by atoms with Crippen LogP contribution in [0.1, 0.15) is 25.3 Å². The molecule has 0 aliphatic carbocycles. The molecule has 2 rings (SSSR count). The van der Waals surface area contributed by atoms with Gasteiger partial charge in [0.05, 0.1) is 5.56 Å². The number of hydrogen-bond donors (Lipinski definition) is 2.